The monoisotopic (exact) mass is 271 g/mol. The number of para-hydroxylation sites is 1. The average Bonchev–Trinajstić information content (AvgIpc) is 2.41. The lowest BCUT2D eigenvalue weighted by Crippen LogP contribution is -2.15. The second-order valence-corrected chi connectivity index (χ2v) is 4.35. The van der Waals surface area contributed by atoms with Gasteiger partial charge in [-0.15, -0.1) is 0 Å². The van der Waals surface area contributed by atoms with E-state index < -0.39 is 10.8 Å². The van der Waals surface area contributed by atoms with Crippen molar-refractivity contribution in [1.82, 2.24) is 4.98 Å². The highest BCUT2D eigenvalue weighted by molar-refractivity contribution is 6.05. The first-order chi connectivity index (χ1) is 9.49. The molecular weight excluding hydrogens is 258 g/mol. The van der Waals surface area contributed by atoms with E-state index in [9.17, 15) is 14.9 Å². The van der Waals surface area contributed by atoms with Crippen molar-refractivity contribution in [2.45, 2.75) is 13.8 Å². The van der Waals surface area contributed by atoms with Crippen LogP contribution < -0.4 is 5.32 Å². The van der Waals surface area contributed by atoms with Crippen LogP contribution in [0, 0.1) is 24.0 Å². The van der Waals surface area contributed by atoms with E-state index in [-0.39, 0.29) is 11.3 Å². The number of nitro groups is 1. The van der Waals surface area contributed by atoms with Crippen molar-refractivity contribution >= 4 is 17.3 Å². The molecule has 1 amide bonds. The minimum Gasteiger partial charge on any atom is -0.322 e. The molecule has 1 N–H and O–H groups in total. The Morgan fingerprint density at radius 2 is 2.00 bits per heavy atom. The Hall–Kier alpha value is -2.76. The molecule has 0 fully saturated rings. The summed E-state index contributed by atoms with van der Waals surface area (Å²) >= 11 is 0. The molecule has 0 saturated heterocycles. The Bertz CT molecular complexity index is 683. The Labute approximate surface area is 115 Å². The first kappa shape index (κ1) is 13.7. The fraction of sp³-hybridized carbons (Fsp3) is 0.143. The third-order valence-corrected chi connectivity index (χ3v) is 2.92. The number of hydrogen-bond acceptors (Lipinski definition) is 4. The Morgan fingerprint density at radius 1 is 1.30 bits per heavy atom. The number of nitrogens with zero attached hydrogens (tertiary/aromatic N) is 2. The molecule has 1 aromatic carbocycles. The summed E-state index contributed by atoms with van der Waals surface area (Å²) in [5.74, 6) is -0.409. The lowest BCUT2D eigenvalue weighted by atomic mass is 10.1. The van der Waals surface area contributed by atoms with Crippen LogP contribution in [0.25, 0.3) is 0 Å². The summed E-state index contributed by atoms with van der Waals surface area (Å²) in [6.45, 7) is 3.50. The Kier molecular flexibility index (Phi) is 3.74. The van der Waals surface area contributed by atoms with Crippen LogP contribution in [-0.4, -0.2) is 15.8 Å². The maximum atomic E-state index is 12.2. The van der Waals surface area contributed by atoms with E-state index in [1.54, 1.807) is 19.1 Å². The fourth-order valence-electron chi connectivity index (χ4n) is 1.75. The zero-order valence-electron chi connectivity index (χ0n) is 11.1. The van der Waals surface area contributed by atoms with Crippen molar-refractivity contribution in [3.8, 4) is 0 Å². The molecular formula is C14H13N3O3. The van der Waals surface area contributed by atoms with E-state index in [2.05, 4.69) is 10.3 Å². The van der Waals surface area contributed by atoms with Gasteiger partial charge in [-0.1, -0.05) is 18.2 Å². The number of carbonyl (C=O) groups is 1. The van der Waals surface area contributed by atoms with E-state index in [0.29, 0.717) is 11.4 Å². The minimum atomic E-state index is -0.572. The summed E-state index contributed by atoms with van der Waals surface area (Å²) in [6.07, 6.45) is 1.14. The molecule has 0 spiro atoms. The van der Waals surface area contributed by atoms with Gasteiger partial charge in [0, 0.05) is 11.8 Å². The Balaban J connectivity index is 2.32. The van der Waals surface area contributed by atoms with Gasteiger partial charge in [-0.3, -0.25) is 19.9 Å². The smallest absolute Gasteiger partial charge is 0.288 e. The average molecular weight is 271 g/mol. The molecule has 0 radical (unpaired) electrons. The summed E-state index contributed by atoms with van der Waals surface area (Å²) in [4.78, 5) is 26.2. The maximum Gasteiger partial charge on any atom is 0.288 e. The molecule has 0 atom stereocenters. The summed E-state index contributed by atoms with van der Waals surface area (Å²) < 4.78 is 0. The second-order valence-electron chi connectivity index (χ2n) is 4.35. The van der Waals surface area contributed by atoms with Crippen LogP contribution >= 0.6 is 0 Å². The van der Waals surface area contributed by atoms with E-state index >= 15 is 0 Å². The molecule has 1 aromatic heterocycles. The van der Waals surface area contributed by atoms with Gasteiger partial charge >= 0.3 is 0 Å². The summed E-state index contributed by atoms with van der Waals surface area (Å²) in [7, 11) is 0. The number of aromatic nitrogens is 1. The molecule has 20 heavy (non-hydrogen) atoms. The molecule has 102 valence electrons. The van der Waals surface area contributed by atoms with Gasteiger partial charge in [0.2, 0.25) is 0 Å². The molecule has 0 unspecified atom stereocenters. The molecule has 0 bridgehead atoms. The highest BCUT2D eigenvalue weighted by Gasteiger charge is 2.16. The first-order valence-corrected chi connectivity index (χ1v) is 5.97. The van der Waals surface area contributed by atoms with Gasteiger partial charge in [0.05, 0.1) is 16.2 Å². The minimum absolute atomic E-state index is 0.197. The van der Waals surface area contributed by atoms with E-state index in [1.165, 1.54) is 6.07 Å². The van der Waals surface area contributed by atoms with Gasteiger partial charge in [-0.05, 0) is 25.5 Å². The zero-order valence-corrected chi connectivity index (χ0v) is 11.1. The third-order valence-electron chi connectivity index (χ3n) is 2.92. The van der Waals surface area contributed by atoms with Crippen LogP contribution in [0.15, 0.2) is 36.5 Å². The zero-order chi connectivity index (χ0) is 14.7. The normalized spacial score (nSPS) is 10.1. The van der Waals surface area contributed by atoms with Crippen molar-refractivity contribution in [2.75, 3.05) is 5.32 Å². The molecule has 0 aliphatic carbocycles. The van der Waals surface area contributed by atoms with E-state index in [4.69, 9.17) is 0 Å². The summed E-state index contributed by atoms with van der Waals surface area (Å²) in [5, 5.41) is 13.5. The highest BCUT2D eigenvalue weighted by atomic mass is 16.6. The van der Waals surface area contributed by atoms with Crippen LogP contribution in [0.2, 0.25) is 0 Å². The molecule has 2 aromatic rings. The predicted molar refractivity (Wildman–Crippen MR) is 74.8 cm³/mol. The fourth-order valence-corrected chi connectivity index (χ4v) is 1.75. The Morgan fingerprint density at radius 3 is 2.65 bits per heavy atom. The van der Waals surface area contributed by atoms with Crippen molar-refractivity contribution in [3.63, 3.8) is 0 Å². The molecule has 0 aliphatic heterocycles. The molecule has 6 nitrogen and oxygen atoms in total. The highest BCUT2D eigenvalue weighted by Crippen LogP contribution is 2.18. The lowest BCUT2D eigenvalue weighted by molar-refractivity contribution is -0.385. The largest absolute Gasteiger partial charge is 0.322 e. The number of pyridine rings is 1. The third kappa shape index (κ3) is 2.80. The number of amides is 1. The SMILES string of the molecule is Cc1ccccc1NC(=O)c1cc([N+](=O)[O-])cnc1C. The van der Waals surface area contributed by atoms with Crippen LogP contribution in [0.5, 0.6) is 0 Å². The van der Waals surface area contributed by atoms with Crippen molar-refractivity contribution in [3.05, 3.63) is 63.5 Å². The number of anilines is 1. The molecule has 6 heteroatoms. The lowest BCUT2D eigenvalue weighted by Gasteiger charge is -2.09. The number of benzene rings is 1. The topological polar surface area (TPSA) is 85.1 Å². The second kappa shape index (κ2) is 5.48. The van der Waals surface area contributed by atoms with Gasteiger partial charge < -0.3 is 5.32 Å². The quantitative estimate of drug-likeness (QED) is 0.687. The van der Waals surface area contributed by atoms with Crippen LogP contribution in [-0.2, 0) is 0 Å². The van der Waals surface area contributed by atoms with Crippen molar-refractivity contribution in [1.29, 1.82) is 0 Å². The van der Waals surface area contributed by atoms with Crippen LogP contribution in [0.1, 0.15) is 21.6 Å². The first-order valence-electron chi connectivity index (χ1n) is 5.97. The van der Waals surface area contributed by atoms with E-state index in [0.717, 1.165) is 11.8 Å². The number of rotatable bonds is 3. The number of aryl methyl sites for hydroxylation is 2. The van der Waals surface area contributed by atoms with Crippen molar-refractivity contribution in [2.24, 2.45) is 0 Å². The molecule has 2 rings (SSSR count). The summed E-state index contributed by atoms with van der Waals surface area (Å²) in [6, 6.07) is 8.55. The number of nitrogens with one attached hydrogen (secondary N) is 1. The molecule has 0 aliphatic rings. The van der Waals surface area contributed by atoms with Crippen LogP contribution in [0.3, 0.4) is 0 Å². The van der Waals surface area contributed by atoms with Gasteiger partial charge in [-0.25, -0.2) is 0 Å². The van der Waals surface area contributed by atoms with Gasteiger partial charge in [0.15, 0.2) is 0 Å². The maximum absolute atomic E-state index is 12.2. The van der Waals surface area contributed by atoms with Gasteiger partial charge in [0.1, 0.15) is 6.20 Å². The van der Waals surface area contributed by atoms with Gasteiger partial charge in [0.25, 0.3) is 11.6 Å². The predicted octanol–water partition coefficient (Wildman–Crippen LogP) is 2.86. The van der Waals surface area contributed by atoms with Crippen molar-refractivity contribution < 1.29 is 9.72 Å². The van der Waals surface area contributed by atoms with Gasteiger partial charge in [-0.2, -0.15) is 0 Å². The molecule has 0 saturated carbocycles. The van der Waals surface area contributed by atoms with Crippen LogP contribution in [0.4, 0.5) is 11.4 Å². The number of hydrogen-bond donors (Lipinski definition) is 1. The van der Waals surface area contributed by atoms with E-state index in [1.807, 2.05) is 19.1 Å². The molecule has 1 heterocycles. The summed E-state index contributed by atoms with van der Waals surface area (Å²) in [5.41, 5.74) is 2.02. The standard InChI is InChI=1S/C14H13N3O3/c1-9-5-3-4-6-13(9)16-14(18)12-7-11(17(19)20)8-15-10(12)2/h3-8H,1-2H3,(H,16,18). The number of carbonyl (C=O) groups excluding carboxylic acids is 1.